The molecule has 1 N–H and O–H groups in total. The largest absolute Gasteiger partial charge is 0.482 e. The highest BCUT2D eigenvalue weighted by atomic mass is 16.6. The summed E-state index contributed by atoms with van der Waals surface area (Å²) in [5.74, 6) is 0.131. The fourth-order valence-corrected chi connectivity index (χ4v) is 2.96. The van der Waals surface area contributed by atoms with E-state index in [2.05, 4.69) is 5.32 Å². The summed E-state index contributed by atoms with van der Waals surface area (Å²) in [6.07, 6.45) is 0.0928. The Morgan fingerprint density at radius 1 is 1.26 bits per heavy atom. The van der Waals surface area contributed by atoms with Crippen molar-refractivity contribution in [3.8, 4) is 5.75 Å². The van der Waals surface area contributed by atoms with Gasteiger partial charge in [0, 0.05) is 30.3 Å². The van der Waals surface area contributed by atoms with E-state index in [0.29, 0.717) is 28.3 Å². The van der Waals surface area contributed by atoms with Crippen molar-refractivity contribution in [1.82, 2.24) is 0 Å². The summed E-state index contributed by atoms with van der Waals surface area (Å²) in [5, 5.41) is 13.8. The van der Waals surface area contributed by atoms with Crippen molar-refractivity contribution in [2.24, 2.45) is 0 Å². The summed E-state index contributed by atoms with van der Waals surface area (Å²) in [6.45, 7) is 3.48. The van der Waals surface area contributed by atoms with Crippen molar-refractivity contribution in [3.63, 3.8) is 0 Å². The Labute approximate surface area is 155 Å². The van der Waals surface area contributed by atoms with Gasteiger partial charge in [-0.2, -0.15) is 0 Å². The number of carbonyl (C=O) groups is 2. The monoisotopic (exact) mass is 369 g/mol. The van der Waals surface area contributed by atoms with Crippen LogP contribution in [-0.4, -0.2) is 29.9 Å². The van der Waals surface area contributed by atoms with E-state index in [0.717, 1.165) is 0 Å². The summed E-state index contributed by atoms with van der Waals surface area (Å²) in [6, 6.07) is 10.2. The fraction of sp³-hybridized carbons (Fsp3) is 0.263. The molecule has 0 aromatic heterocycles. The lowest BCUT2D eigenvalue weighted by Gasteiger charge is -2.29. The smallest absolute Gasteiger partial charge is 0.272 e. The Kier molecular flexibility index (Phi) is 5.07. The molecular formula is C19H19N3O5. The van der Waals surface area contributed by atoms with Crippen LogP contribution in [0.2, 0.25) is 0 Å². The molecule has 2 aromatic carbocycles. The molecule has 27 heavy (non-hydrogen) atoms. The lowest BCUT2D eigenvalue weighted by molar-refractivity contribution is -0.385. The zero-order chi connectivity index (χ0) is 19.6. The number of ether oxygens (including phenoxy) is 1. The standard InChI is InChI=1S/C19H19N3O5/c1-12-10-16(22(25)26)13(2)9-14(12)20-18(23)7-8-21-15-5-3-4-6-17(15)27-11-19(21)24/h3-6,9-10H,7-8,11H2,1-2H3,(H,20,23). The molecule has 8 nitrogen and oxygen atoms in total. The number of para-hydroxylation sites is 2. The van der Waals surface area contributed by atoms with Crippen LogP contribution in [0.25, 0.3) is 0 Å². The molecule has 0 aliphatic carbocycles. The molecule has 0 spiro atoms. The summed E-state index contributed by atoms with van der Waals surface area (Å²) >= 11 is 0. The first-order valence-electron chi connectivity index (χ1n) is 8.44. The highest BCUT2D eigenvalue weighted by Gasteiger charge is 2.25. The number of hydrogen-bond donors (Lipinski definition) is 1. The van der Waals surface area contributed by atoms with Crippen LogP contribution in [0, 0.1) is 24.0 Å². The molecule has 1 aliphatic heterocycles. The van der Waals surface area contributed by atoms with Gasteiger partial charge in [-0.3, -0.25) is 19.7 Å². The van der Waals surface area contributed by atoms with Gasteiger partial charge in [0.25, 0.3) is 11.6 Å². The first kappa shape index (κ1) is 18.4. The summed E-state index contributed by atoms with van der Waals surface area (Å²) in [7, 11) is 0. The van der Waals surface area contributed by atoms with Crippen LogP contribution >= 0.6 is 0 Å². The Morgan fingerprint density at radius 3 is 2.74 bits per heavy atom. The number of nitro benzene ring substituents is 1. The van der Waals surface area contributed by atoms with Crippen LogP contribution in [0.1, 0.15) is 17.5 Å². The Morgan fingerprint density at radius 2 is 2.00 bits per heavy atom. The van der Waals surface area contributed by atoms with Crippen LogP contribution in [0.15, 0.2) is 36.4 Å². The maximum Gasteiger partial charge on any atom is 0.272 e. The number of nitrogens with zero attached hydrogens (tertiary/aromatic N) is 2. The SMILES string of the molecule is Cc1cc([N+](=O)[O-])c(C)cc1NC(=O)CCN1C(=O)COc2ccccc21. The molecule has 0 atom stereocenters. The molecule has 0 bridgehead atoms. The molecule has 2 aromatic rings. The lowest BCUT2D eigenvalue weighted by atomic mass is 10.1. The van der Waals surface area contributed by atoms with Gasteiger partial charge in [0.15, 0.2) is 6.61 Å². The fourth-order valence-electron chi connectivity index (χ4n) is 2.96. The van der Waals surface area contributed by atoms with Crippen LogP contribution in [0.3, 0.4) is 0 Å². The van der Waals surface area contributed by atoms with E-state index >= 15 is 0 Å². The molecule has 140 valence electrons. The number of carbonyl (C=O) groups excluding carboxylic acids is 2. The Balaban J connectivity index is 1.68. The second-order valence-corrected chi connectivity index (χ2v) is 6.31. The normalized spacial score (nSPS) is 13.0. The number of amides is 2. The average Bonchev–Trinajstić information content (AvgIpc) is 2.63. The minimum absolute atomic E-state index is 0.0148. The van der Waals surface area contributed by atoms with E-state index in [1.807, 2.05) is 6.07 Å². The third kappa shape index (κ3) is 3.89. The minimum Gasteiger partial charge on any atom is -0.482 e. The second kappa shape index (κ2) is 7.45. The molecule has 0 radical (unpaired) electrons. The van der Waals surface area contributed by atoms with Crippen molar-refractivity contribution in [2.75, 3.05) is 23.4 Å². The van der Waals surface area contributed by atoms with E-state index in [1.165, 1.54) is 11.0 Å². The summed E-state index contributed by atoms with van der Waals surface area (Å²) in [4.78, 5) is 36.5. The highest BCUT2D eigenvalue weighted by Crippen LogP contribution is 2.31. The van der Waals surface area contributed by atoms with Crippen LogP contribution in [-0.2, 0) is 9.59 Å². The van der Waals surface area contributed by atoms with E-state index in [-0.39, 0.29) is 37.1 Å². The summed E-state index contributed by atoms with van der Waals surface area (Å²) < 4.78 is 5.38. The van der Waals surface area contributed by atoms with Crippen molar-refractivity contribution < 1.29 is 19.2 Å². The molecule has 0 saturated heterocycles. The maximum atomic E-state index is 12.3. The average molecular weight is 369 g/mol. The van der Waals surface area contributed by atoms with E-state index in [4.69, 9.17) is 4.74 Å². The van der Waals surface area contributed by atoms with Gasteiger partial charge in [0.2, 0.25) is 5.91 Å². The zero-order valence-electron chi connectivity index (χ0n) is 15.0. The zero-order valence-corrected chi connectivity index (χ0v) is 15.0. The van der Waals surface area contributed by atoms with Gasteiger partial charge in [-0.15, -0.1) is 0 Å². The topological polar surface area (TPSA) is 102 Å². The lowest BCUT2D eigenvalue weighted by Crippen LogP contribution is -2.40. The molecule has 3 rings (SSSR count). The quantitative estimate of drug-likeness (QED) is 0.645. The molecule has 0 unspecified atom stereocenters. The van der Waals surface area contributed by atoms with Gasteiger partial charge in [-0.25, -0.2) is 0 Å². The van der Waals surface area contributed by atoms with E-state index in [1.54, 1.807) is 38.1 Å². The molecule has 0 saturated carbocycles. The van der Waals surface area contributed by atoms with Gasteiger partial charge in [-0.05, 0) is 37.6 Å². The van der Waals surface area contributed by atoms with Gasteiger partial charge in [0.05, 0.1) is 10.6 Å². The third-order valence-electron chi connectivity index (χ3n) is 4.38. The van der Waals surface area contributed by atoms with Gasteiger partial charge >= 0.3 is 0 Å². The number of aryl methyl sites for hydroxylation is 2. The molecule has 1 heterocycles. The first-order chi connectivity index (χ1) is 12.9. The third-order valence-corrected chi connectivity index (χ3v) is 4.38. The number of hydrogen-bond acceptors (Lipinski definition) is 5. The van der Waals surface area contributed by atoms with Gasteiger partial charge in [0.1, 0.15) is 5.75 Å². The Hall–Kier alpha value is -3.42. The number of fused-ring (bicyclic) bond motifs is 1. The predicted octanol–water partition coefficient (Wildman–Crippen LogP) is 2.97. The number of benzene rings is 2. The van der Waals surface area contributed by atoms with E-state index in [9.17, 15) is 19.7 Å². The molecule has 1 aliphatic rings. The Bertz CT molecular complexity index is 926. The van der Waals surface area contributed by atoms with Crippen molar-refractivity contribution in [2.45, 2.75) is 20.3 Å². The first-order valence-corrected chi connectivity index (χ1v) is 8.44. The van der Waals surface area contributed by atoms with Crippen LogP contribution < -0.4 is 15.0 Å². The molecule has 0 fully saturated rings. The van der Waals surface area contributed by atoms with Crippen LogP contribution in [0.4, 0.5) is 17.1 Å². The number of rotatable bonds is 5. The number of anilines is 2. The van der Waals surface area contributed by atoms with Crippen molar-refractivity contribution >= 4 is 28.9 Å². The van der Waals surface area contributed by atoms with Gasteiger partial charge in [-0.1, -0.05) is 12.1 Å². The highest BCUT2D eigenvalue weighted by molar-refractivity contribution is 5.99. The second-order valence-electron chi connectivity index (χ2n) is 6.31. The van der Waals surface area contributed by atoms with Crippen LogP contribution in [0.5, 0.6) is 5.75 Å². The van der Waals surface area contributed by atoms with Gasteiger partial charge < -0.3 is 15.0 Å². The summed E-state index contributed by atoms with van der Waals surface area (Å²) in [5.41, 5.74) is 2.26. The number of nitro groups is 1. The minimum atomic E-state index is -0.449. The predicted molar refractivity (Wildman–Crippen MR) is 100 cm³/mol. The number of nitrogens with one attached hydrogen (secondary N) is 1. The van der Waals surface area contributed by atoms with Crippen molar-refractivity contribution in [3.05, 3.63) is 57.6 Å². The molecule has 2 amide bonds. The molecular weight excluding hydrogens is 350 g/mol. The molecule has 8 heteroatoms. The van der Waals surface area contributed by atoms with E-state index < -0.39 is 4.92 Å². The van der Waals surface area contributed by atoms with Crippen molar-refractivity contribution in [1.29, 1.82) is 0 Å². The maximum absolute atomic E-state index is 12.3.